The van der Waals surface area contributed by atoms with Gasteiger partial charge in [-0.05, 0) is 51.5 Å². The number of halogens is 1. The van der Waals surface area contributed by atoms with Crippen LogP contribution in [0.2, 0.25) is 0 Å². The number of nitrogens with one attached hydrogen (secondary N) is 2. The lowest BCUT2D eigenvalue weighted by atomic mass is 10.1. The highest BCUT2D eigenvalue weighted by molar-refractivity contribution is 9.10. The molecule has 0 saturated carbocycles. The van der Waals surface area contributed by atoms with E-state index in [1.54, 1.807) is 0 Å². The van der Waals surface area contributed by atoms with Gasteiger partial charge in [-0.25, -0.2) is 4.98 Å². The van der Waals surface area contributed by atoms with Gasteiger partial charge in [-0.3, -0.25) is 0 Å². The standard InChI is InChI=1S/C21H23BrN4/c1-14-12-16(10-11-17(14)22)23-19-13-18(15-8-6-5-7-9-15)24-20(25-19)26-21(2,3)4/h5-13H,1-4H3,(H2,23,24,25,26). The Morgan fingerprint density at radius 3 is 2.31 bits per heavy atom. The zero-order chi connectivity index (χ0) is 18.7. The molecule has 0 bridgehead atoms. The van der Waals surface area contributed by atoms with Crippen molar-refractivity contribution in [1.82, 2.24) is 9.97 Å². The van der Waals surface area contributed by atoms with E-state index in [2.05, 4.69) is 77.4 Å². The van der Waals surface area contributed by atoms with Crippen LogP contribution in [-0.2, 0) is 0 Å². The molecule has 0 aliphatic carbocycles. The summed E-state index contributed by atoms with van der Waals surface area (Å²) in [7, 11) is 0. The van der Waals surface area contributed by atoms with Crippen LogP contribution in [0.1, 0.15) is 26.3 Å². The summed E-state index contributed by atoms with van der Waals surface area (Å²) in [4.78, 5) is 9.34. The summed E-state index contributed by atoms with van der Waals surface area (Å²) in [5.41, 5.74) is 3.97. The van der Waals surface area contributed by atoms with Crippen LogP contribution in [0, 0.1) is 6.92 Å². The molecule has 2 N–H and O–H groups in total. The molecule has 4 nitrogen and oxygen atoms in total. The maximum atomic E-state index is 4.69. The Bertz CT molecular complexity index is 902. The van der Waals surface area contributed by atoms with Gasteiger partial charge in [-0.2, -0.15) is 4.98 Å². The Balaban J connectivity index is 2.00. The number of rotatable bonds is 4. The number of nitrogens with zero attached hydrogens (tertiary/aromatic N) is 2. The van der Waals surface area contributed by atoms with Crippen molar-refractivity contribution in [3.63, 3.8) is 0 Å². The number of anilines is 3. The molecule has 0 aliphatic rings. The van der Waals surface area contributed by atoms with E-state index >= 15 is 0 Å². The fourth-order valence-corrected chi connectivity index (χ4v) is 2.78. The molecule has 1 heterocycles. The van der Waals surface area contributed by atoms with Crippen LogP contribution in [-0.4, -0.2) is 15.5 Å². The van der Waals surface area contributed by atoms with E-state index in [0.717, 1.165) is 27.2 Å². The summed E-state index contributed by atoms with van der Waals surface area (Å²) >= 11 is 3.54. The predicted molar refractivity (Wildman–Crippen MR) is 113 cm³/mol. The molecule has 0 atom stereocenters. The Morgan fingerprint density at radius 2 is 1.65 bits per heavy atom. The van der Waals surface area contributed by atoms with Crippen LogP contribution in [0.4, 0.5) is 17.5 Å². The van der Waals surface area contributed by atoms with E-state index in [0.29, 0.717) is 5.95 Å². The van der Waals surface area contributed by atoms with Gasteiger partial charge in [-0.1, -0.05) is 46.3 Å². The summed E-state index contributed by atoms with van der Waals surface area (Å²) in [5, 5.41) is 6.76. The number of hydrogen-bond acceptors (Lipinski definition) is 4. The average molecular weight is 411 g/mol. The third-order valence-corrected chi connectivity index (χ3v) is 4.60. The van der Waals surface area contributed by atoms with Gasteiger partial charge in [0.15, 0.2) is 0 Å². The summed E-state index contributed by atoms with van der Waals surface area (Å²) in [6.07, 6.45) is 0. The SMILES string of the molecule is Cc1cc(Nc2cc(-c3ccccc3)nc(NC(C)(C)C)n2)ccc1Br. The Labute approximate surface area is 163 Å². The first-order valence-corrected chi connectivity index (χ1v) is 9.35. The lowest BCUT2D eigenvalue weighted by Crippen LogP contribution is -2.27. The van der Waals surface area contributed by atoms with Gasteiger partial charge in [0.05, 0.1) is 5.69 Å². The topological polar surface area (TPSA) is 49.8 Å². The van der Waals surface area contributed by atoms with Gasteiger partial charge in [0.1, 0.15) is 5.82 Å². The van der Waals surface area contributed by atoms with Crippen molar-refractivity contribution >= 4 is 33.4 Å². The van der Waals surface area contributed by atoms with Gasteiger partial charge in [0.2, 0.25) is 5.95 Å². The summed E-state index contributed by atoms with van der Waals surface area (Å²) in [6, 6.07) is 18.3. The maximum absolute atomic E-state index is 4.69. The average Bonchev–Trinajstić information content (AvgIpc) is 2.57. The van der Waals surface area contributed by atoms with Gasteiger partial charge >= 0.3 is 0 Å². The van der Waals surface area contributed by atoms with Crippen molar-refractivity contribution in [3.05, 3.63) is 64.6 Å². The molecule has 134 valence electrons. The molecule has 3 aromatic rings. The second-order valence-corrected chi connectivity index (χ2v) is 8.15. The summed E-state index contributed by atoms with van der Waals surface area (Å²) < 4.78 is 1.09. The van der Waals surface area contributed by atoms with E-state index in [1.165, 1.54) is 5.56 Å². The first kappa shape index (κ1) is 18.4. The smallest absolute Gasteiger partial charge is 0.225 e. The van der Waals surface area contributed by atoms with Crippen LogP contribution in [0.25, 0.3) is 11.3 Å². The minimum Gasteiger partial charge on any atom is -0.350 e. The van der Waals surface area contributed by atoms with E-state index in [1.807, 2.05) is 36.4 Å². The van der Waals surface area contributed by atoms with Crippen LogP contribution in [0.3, 0.4) is 0 Å². The molecule has 2 aromatic carbocycles. The molecule has 1 aromatic heterocycles. The Kier molecular flexibility index (Phi) is 5.28. The largest absolute Gasteiger partial charge is 0.350 e. The van der Waals surface area contributed by atoms with Crippen molar-refractivity contribution in [2.45, 2.75) is 33.2 Å². The monoisotopic (exact) mass is 410 g/mol. The minimum atomic E-state index is -0.124. The summed E-state index contributed by atoms with van der Waals surface area (Å²) in [5.74, 6) is 1.36. The molecular formula is C21H23BrN4. The first-order chi connectivity index (χ1) is 12.3. The zero-order valence-corrected chi connectivity index (χ0v) is 17.1. The number of hydrogen-bond donors (Lipinski definition) is 2. The maximum Gasteiger partial charge on any atom is 0.225 e. The van der Waals surface area contributed by atoms with Crippen molar-refractivity contribution in [1.29, 1.82) is 0 Å². The van der Waals surface area contributed by atoms with Crippen molar-refractivity contribution in [3.8, 4) is 11.3 Å². The van der Waals surface area contributed by atoms with Gasteiger partial charge in [-0.15, -0.1) is 0 Å². The van der Waals surface area contributed by atoms with Crippen LogP contribution in [0.5, 0.6) is 0 Å². The number of aromatic nitrogens is 2. The van der Waals surface area contributed by atoms with Crippen LogP contribution in [0.15, 0.2) is 59.1 Å². The van der Waals surface area contributed by atoms with Crippen LogP contribution >= 0.6 is 15.9 Å². The molecule has 0 saturated heterocycles. The van der Waals surface area contributed by atoms with E-state index < -0.39 is 0 Å². The van der Waals surface area contributed by atoms with E-state index in [4.69, 9.17) is 4.98 Å². The van der Waals surface area contributed by atoms with Crippen molar-refractivity contribution in [2.75, 3.05) is 10.6 Å². The molecule has 0 fully saturated rings. The highest BCUT2D eigenvalue weighted by Crippen LogP contribution is 2.26. The highest BCUT2D eigenvalue weighted by atomic mass is 79.9. The number of benzene rings is 2. The van der Waals surface area contributed by atoms with Crippen molar-refractivity contribution < 1.29 is 0 Å². The van der Waals surface area contributed by atoms with Gasteiger partial charge in [0, 0.05) is 27.3 Å². The Morgan fingerprint density at radius 1 is 0.923 bits per heavy atom. The fourth-order valence-electron chi connectivity index (χ4n) is 2.53. The molecule has 5 heteroatoms. The second kappa shape index (κ2) is 7.46. The first-order valence-electron chi connectivity index (χ1n) is 8.56. The Hall–Kier alpha value is -2.40. The second-order valence-electron chi connectivity index (χ2n) is 7.29. The molecule has 0 unspecified atom stereocenters. The van der Waals surface area contributed by atoms with Crippen molar-refractivity contribution in [2.24, 2.45) is 0 Å². The molecule has 0 aliphatic heterocycles. The summed E-state index contributed by atoms with van der Waals surface area (Å²) in [6.45, 7) is 8.35. The third-order valence-electron chi connectivity index (χ3n) is 3.71. The number of aryl methyl sites for hydroxylation is 1. The van der Waals surface area contributed by atoms with Crippen LogP contribution < -0.4 is 10.6 Å². The van der Waals surface area contributed by atoms with E-state index in [-0.39, 0.29) is 5.54 Å². The molecule has 0 spiro atoms. The molecule has 0 radical (unpaired) electrons. The lowest BCUT2D eigenvalue weighted by Gasteiger charge is -2.21. The highest BCUT2D eigenvalue weighted by Gasteiger charge is 2.14. The molecule has 3 rings (SSSR count). The lowest BCUT2D eigenvalue weighted by molar-refractivity contribution is 0.626. The van der Waals surface area contributed by atoms with Gasteiger partial charge < -0.3 is 10.6 Å². The zero-order valence-electron chi connectivity index (χ0n) is 15.5. The predicted octanol–water partition coefficient (Wildman–Crippen LogP) is 6.17. The fraction of sp³-hybridized carbons (Fsp3) is 0.238. The minimum absolute atomic E-state index is 0.124. The quantitative estimate of drug-likeness (QED) is 0.539. The molecular weight excluding hydrogens is 388 g/mol. The third kappa shape index (κ3) is 4.82. The normalized spacial score (nSPS) is 11.3. The molecule has 26 heavy (non-hydrogen) atoms. The van der Waals surface area contributed by atoms with Gasteiger partial charge in [0.25, 0.3) is 0 Å². The molecule has 0 amide bonds. The van der Waals surface area contributed by atoms with E-state index in [9.17, 15) is 0 Å².